The largest absolute Gasteiger partial charge is 0.389 e. The van der Waals surface area contributed by atoms with Gasteiger partial charge in [0.05, 0.1) is 18.3 Å². The first-order valence-electron chi connectivity index (χ1n) is 6.50. The Kier molecular flexibility index (Phi) is 4.52. The standard InChI is InChI=1S/C14H20FNO3/c1-9(6-16-7-12(17)13(18)8-16)14(19)10-4-2-3-5-11(10)15/h2-5,9,12-14,17-19H,6-8H2,1H3. The third kappa shape index (κ3) is 3.30. The van der Waals surface area contributed by atoms with Gasteiger partial charge in [-0.2, -0.15) is 0 Å². The van der Waals surface area contributed by atoms with Crippen molar-refractivity contribution in [3.63, 3.8) is 0 Å². The van der Waals surface area contributed by atoms with Crippen molar-refractivity contribution in [2.45, 2.75) is 25.2 Å². The molecule has 1 heterocycles. The average Bonchev–Trinajstić information content (AvgIpc) is 2.68. The van der Waals surface area contributed by atoms with Crippen molar-refractivity contribution in [2.24, 2.45) is 5.92 Å². The molecule has 1 aliphatic rings. The van der Waals surface area contributed by atoms with Gasteiger partial charge in [-0.3, -0.25) is 4.90 Å². The smallest absolute Gasteiger partial charge is 0.129 e. The molecule has 3 N–H and O–H groups in total. The van der Waals surface area contributed by atoms with Gasteiger partial charge >= 0.3 is 0 Å². The van der Waals surface area contributed by atoms with Crippen LogP contribution in [-0.2, 0) is 0 Å². The van der Waals surface area contributed by atoms with Crippen LogP contribution < -0.4 is 0 Å². The van der Waals surface area contributed by atoms with Gasteiger partial charge in [-0.15, -0.1) is 0 Å². The number of benzene rings is 1. The molecule has 1 aromatic carbocycles. The number of halogens is 1. The monoisotopic (exact) mass is 269 g/mol. The van der Waals surface area contributed by atoms with E-state index in [1.807, 2.05) is 11.8 Å². The Hall–Kier alpha value is -1.01. The van der Waals surface area contributed by atoms with Crippen molar-refractivity contribution < 1.29 is 19.7 Å². The van der Waals surface area contributed by atoms with E-state index in [2.05, 4.69) is 0 Å². The normalized spacial score (nSPS) is 27.4. The van der Waals surface area contributed by atoms with E-state index in [9.17, 15) is 19.7 Å². The minimum absolute atomic E-state index is 0.186. The van der Waals surface area contributed by atoms with E-state index in [1.165, 1.54) is 6.07 Å². The Labute approximate surface area is 112 Å². The third-order valence-corrected chi connectivity index (χ3v) is 3.64. The number of hydrogen-bond donors (Lipinski definition) is 3. The summed E-state index contributed by atoms with van der Waals surface area (Å²) >= 11 is 0. The summed E-state index contributed by atoms with van der Waals surface area (Å²) in [5, 5.41) is 29.1. The molecular formula is C14H20FNO3. The minimum Gasteiger partial charge on any atom is -0.389 e. The van der Waals surface area contributed by atoms with Crippen LogP contribution in [0.15, 0.2) is 24.3 Å². The molecule has 4 nitrogen and oxygen atoms in total. The number of likely N-dealkylation sites (tertiary alicyclic amines) is 1. The van der Waals surface area contributed by atoms with E-state index in [1.54, 1.807) is 18.2 Å². The van der Waals surface area contributed by atoms with E-state index < -0.39 is 24.1 Å². The van der Waals surface area contributed by atoms with Crippen LogP contribution in [0.2, 0.25) is 0 Å². The van der Waals surface area contributed by atoms with Crippen LogP contribution in [0.4, 0.5) is 4.39 Å². The lowest BCUT2D eigenvalue weighted by Crippen LogP contribution is -2.30. The highest BCUT2D eigenvalue weighted by Gasteiger charge is 2.31. The number of hydrogen-bond acceptors (Lipinski definition) is 4. The van der Waals surface area contributed by atoms with Gasteiger partial charge in [-0.25, -0.2) is 4.39 Å². The zero-order valence-electron chi connectivity index (χ0n) is 10.9. The van der Waals surface area contributed by atoms with E-state index >= 15 is 0 Å². The van der Waals surface area contributed by atoms with Crippen molar-refractivity contribution in [1.82, 2.24) is 4.90 Å². The fraction of sp³-hybridized carbons (Fsp3) is 0.571. The number of aliphatic hydroxyl groups excluding tert-OH is 3. The number of aliphatic hydroxyl groups is 3. The summed E-state index contributed by atoms with van der Waals surface area (Å²) in [6.45, 7) is 3.10. The van der Waals surface area contributed by atoms with Gasteiger partial charge in [0.25, 0.3) is 0 Å². The number of β-amino-alcohol motifs (C(OH)–C–C–N with tert-alkyl or cyclic N) is 2. The highest BCUT2D eigenvalue weighted by molar-refractivity contribution is 5.20. The summed E-state index contributed by atoms with van der Waals surface area (Å²) in [4.78, 5) is 1.88. The first-order chi connectivity index (χ1) is 8.99. The first kappa shape index (κ1) is 14.4. The molecule has 4 unspecified atom stereocenters. The molecule has 106 valence electrons. The average molecular weight is 269 g/mol. The predicted molar refractivity (Wildman–Crippen MR) is 69.0 cm³/mol. The minimum atomic E-state index is -0.893. The lowest BCUT2D eigenvalue weighted by molar-refractivity contribution is 0.0572. The second-order valence-electron chi connectivity index (χ2n) is 5.30. The Morgan fingerprint density at radius 3 is 2.42 bits per heavy atom. The van der Waals surface area contributed by atoms with Gasteiger partial charge < -0.3 is 15.3 Å². The van der Waals surface area contributed by atoms with Crippen LogP contribution in [0.1, 0.15) is 18.6 Å². The molecule has 0 aromatic heterocycles. The third-order valence-electron chi connectivity index (χ3n) is 3.64. The summed E-state index contributed by atoms with van der Waals surface area (Å²) in [7, 11) is 0. The molecule has 0 aliphatic carbocycles. The van der Waals surface area contributed by atoms with E-state index in [0.29, 0.717) is 19.6 Å². The van der Waals surface area contributed by atoms with Crippen molar-refractivity contribution in [2.75, 3.05) is 19.6 Å². The Morgan fingerprint density at radius 1 is 1.26 bits per heavy atom. The predicted octanol–water partition coefficient (Wildman–Crippen LogP) is 0.533. The molecule has 0 amide bonds. The van der Waals surface area contributed by atoms with Crippen molar-refractivity contribution >= 4 is 0 Å². The van der Waals surface area contributed by atoms with Crippen molar-refractivity contribution in [3.05, 3.63) is 35.6 Å². The summed E-state index contributed by atoms with van der Waals surface area (Å²) in [6, 6.07) is 6.18. The van der Waals surface area contributed by atoms with Gasteiger partial charge in [-0.1, -0.05) is 25.1 Å². The summed E-state index contributed by atoms with van der Waals surface area (Å²) < 4.78 is 13.6. The van der Waals surface area contributed by atoms with Gasteiger partial charge in [-0.05, 0) is 12.0 Å². The second-order valence-corrected chi connectivity index (χ2v) is 5.30. The Balaban J connectivity index is 1.97. The highest BCUT2D eigenvalue weighted by Crippen LogP contribution is 2.25. The maximum Gasteiger partial charge on any atom is 0.129 e. The molecule has 1 aliphatic heterocycles. The van der Waals surface area contributed by atoms with Crippen molar-refractivity contribution in [3.8, 4) is 0 Å². The van der Waals surface area contributed by atoms with Crippen LogP contribution in [0.5, 0.6) is 0 Å². The lowest BCUT2D eigenvalue weighted by Gasteiger charge is -2.24. The fourth-order valence-electron chi connectivity index (χ4n) is 2.52. The van der Waals surface area contributed by atoms with Crippen LogP contribution >= 0.6 is 0 Å². The van der Waals surface area contributed by atoms with E-state index in [4.69, 9.17) is 0 Å². The molecule has 4 atom stereocenters. The number of rotatable bonds is 4. The Morgan fingerprint density at radius 2 is 1.84 bits per heavy atom. The van der Waals surface area contributed by atoms with E-state index in [-0.39, 0.29) is 11.5 Å². The molecule has 1 fully saturated rings. The van der Waals surface area contributed by atoms with Gasteiger partial charge in [0.15, 0.2) is 0 Å². The van der Waals surface area contributed by atoms with Crippen LogP contribution in [-0.4, -0.2) is 52.1 Å². The van der Waals surface area contributed by atoms with Gasteiger partial charge in [0, 0.05) is 25.2 Å². The van der Waals surface area contributed by atoms with E-state index in [0.717, 1.165) is 0 Å². The molecule has 0 spiro atoms. The van der Waals surface area contributed by atoms with Crippen molar-refractivity contribution in [1.29, 1.82) is 0 Å². The fourth-order valence-corrected chi connectivity index (χ4v) is 2.52. The van der Waals surface area contributed by atoms with Crippen LogP contribution in [0.25, 0.3) is 0 Å². The molecule has 2 rings (SSSR count). The Bertz CT molecular complexity index is 419. The summed E-state index contributed by atoms with van der Waals surface area (Å²) in [5.74, 6) is -0.599. The molecule has 19 heavy (non-hydrogen) atoms. The SMILES string of the molecule is CC(CN1CC(O)C(O)C1)C(O)c1ccccc1F. The first-order valence-corrected chi connectivity index (χ1v) is 6.50. The topological polar surface area (TPSA) is 63.9 Å². The molecule has 1 aromatic rings. The zero-order chi connectivity index (χ0) is 14.0. The quantitative estimate of drug-likeness (QED) is 0.746. The van der Waals surface area contributed by atoms with Crippen LogP contribution in [0.3, 0.4) is 0 Å². The summed E-state index contributed by atoms with van der Waals surface area (Å²) in [5.41, 5.74) is 0.287. The molecule has 0 bridgehead atoms. The molecule has 1 saturated heterocycles. The molecule has 0 radical (unpaired) electrons. The molecule has 0 saturated carbocycles. The lowest BCUT2D eigenvalue weighted by atomic mass is 9.96. The van der Waals surface area contributed by atoms with Crippen LogP contribution in [0, 0.1) is 11.7 Å². The maximum absolute atomic E-state index is 13.6. The number of nitrogens with zero attached hydrogens (tertiary/aromatic N) is 1. The molecule has 5 heteroatoms. The van der Waals surface area contributed by atoms with Gasteiger partial charge in [0.2, 0.25) is 0 Å². The zero-order valence-corrected chi connectivity index (χ0v) is 10.9. The molecular weight excluding hydrogens is 249 g/mol. The van der Waals surface area contributed by atoms with Gasteiger partial charge in [0.1, 0.15) is 5.82 Å². The summed E-state index contributed by atoms with van der Waals surface area (Å²) in [6.07, 6.45) is -2.37. The second kappa shape index (κ2) is 5.96. The highest BCUT2D eigenvalue weighted by atomic mass is 19.1. The maximum atomic E-state index is 13.6.